The van der Waals surface area contributed by atoms with Crippen molar-refractivity contribution in [3.05, 3.63) is 0 Å². The second kappa shape index (κ2) is 5.35. The van der Waals surface area contributed by atoms with E-state index >= 15 is 0 Å². The SMILES string of the molecule is C1CCC([Se]C2CCCCO2)OC1. The average molecular weight is 249 g/mol. The third-order valence-electron chi connectivity index (χ3n) is 2.58. The van der Waals surface area contributed by atoms with E-state index in [2.05, 4.69) is 0 Å². The van der Waals surface area contributed by atoms with Gasteiger partial charge in [0.25, 0.3) is 0 Å². The van der Waals surface area contributed by atoms with Gasteiger partial charge in [0.15, 0.2) is 0 Å². The van der Waals surface area contributed by atoms with Crippen molar-refractivity contribution in [2.75, 3.05) is 13.2 Å². The monoisotopic (exact) mass is 250 g/mol. The van der Waals surface area contributed by atoms with Gasteiger partial charge in [0.2, 0.25) is 0 Å². The Morgan fingerprint density at radius 3 is 1.69 bits per heavy atom. The molecule has 3 heteroatoms. The molecule has 2 aliphatic heterocycles. The summed E-state index contributed by atoms with van der Waals surface area (Å²) in [5.41, 5.74) is 0. The molecule has 2 nitrogen and oxygen atoms in total. The van der Waals surface area contributed by atoms with Crippen LogP contribution in [0.25, 0.3) is 0 Å². The topological polar surface area (TPSA) is 18.5 Å². The van der Waals surface area contributed by atoms with Crippen molar-refractivity contribution in [3.63, 3.8) is 0 Å². The van der Waals surface area contributed by atoms with Crippen LogP contribution in [0.5, 0.6) is 0 Å². The molecule has 0 aromatic heterocycles. The normalized spacial score (nSPS) is 36.0. The van der Waals surface area contributed by atoms with E-state index in [4.69, 9.17) is 9.47 Å². The zero-order valence-corrected chi connectivity index (χ0v) is 9.75. The number of ether oxygens (including phenoxy) is 2. The number of hydrogen-bond donors (Lipinski definition) is 0. The molecule has 2 fully saturated rings. The summed E-state index contributed by atoms with van der Waals surface area (Å²) in [6.07, 6.45) is 7.80. The van der Waals surface area contributed by atoms with Gasteiger partial charge >= 0.3 is 86.2 Å². The zero-order chi connectivity index (χ0) is 8.93. The molecule has 2 rings (SSSR count). The molecule has 76 valence electrons. The van der Waals surface area contributed by atoms with Crippen molar-refractivity contribution in [3.8, 4) is 0 Å². The van der Waals surface area contributed by atoms with Gasteiger partial charge in [0.05, 0.1) is 0 Å². The fraction of sp³-hybridized carbons (Fsp3) is 1.00. The second-order valence-electron chi connectivity index (χ2n) is 3.73. The Morgan fingerprint density at radius 2 is 1.31 bits per heavy atom. The maximum atomic E-state index is 5.73. The van der Waals surface area contributed by atoms with Gasteiger partial charge in [0, 0.05) is 0 Å². The quantitative estimate of drug-likeness (QED) is 0.694. The first kappa shape index (κ1) is 9.97. The van der Waals surface area contributed by atoms with Crippen LogP contribution >= 0.6 is 0 Å². The standard InChI is InChI=1S/C10H18O2Se/c1-3-7-11-9(5-1)13-10-6-2-4-8-12-10/h9-10H,1-8H2. The van der Waals surface area contributed by atoms with Crippen LogP contribution < -0.4 is 0 Å². The predicted octanol–water partition coefficient (Wildman–Crippen LogP) is 1.74. The van der Waals surface area contributed by atoms with Gasteiger partial charge in [0.1, 0.15) is 0 Å². The van der Waals surface area contributed by atoms with E-state index in [-0.39, 0.29) is 0 Å². The minimum absolute atomic E-state index is 0.560. The van der Waals surface area contributed by atoms with Crippen LogP contribution in [0.3, 0.4) is 0 Å². The van der Waals surface area contributed by atoms with E-state index < -0.39 is 0 Å². The first-order valence-corrected chi connectivity index (χ1v) is 7.31. The van der Waals surface area contributed by atoms with Crippen molar-refractivity contribution in [1.82, 2.24) is 0 Å². The van der Waals surface area contributed by atoms with Gasteiger partial charge in [-0.1, -0.05) is 0 Å². The van der Waals surface area contributed by atoms with Crippen LogP contribution in [-0.2, 0) is 9.47 Å². The molecule has 0 radical (unpaired) electrons. The van der Waals surface area contributed by atoms with Gasteiger partial charge in [-0.05, 0) is 0 Å². The summed E-state index contributed by atoms with van der Waals surface area (Å²) in [6.45, 7) is 1.97. The van der Waals surface area contributed by atoms with Gasteiger partial charge in [-0.2, -0.15) is 0 Å². The molecule has 0 aromatic rings. The Bertz CT molecular complexity index is 124. The molecule has 0 amide bonds. The minimum atomic E-state index is 0.560. The third-order valence-corrected chi connectivity index (χ3v) is 5.41. The van der Waals surface area contributed by atoms with Crippen molar-refractivity contribution in [2.24, 2.45) is 0 Å². The summed E-state index contributed by atoms with van der Waals surface area (Å²) < 4.78 is 11.5. The number of rotatable bonds is 2. The van der Waals surface area contributed by atoms with Crippen molar-refractivity contribution >= 4 is 15.0 Å². The van der Waals surface area contributed by atoms with Crippen LogP contribution in [0.15, 0.2) is 0 Å². The summed E-state index contributed by atoms with van der Waals surface area (Å²) in [5.74, 6) is 0. The molecule has 0 N–H and O–H groups in total. The van der Waals surface area contributed by atoms with Crippen LogP contribution in [0, 0.1) is 0 Å². The average Bonchev–Trinajstić information content (AvgIpc) is 2.21. The second-order valence-corrected chi connectivity index (χ2v) is 6.51. The van der Waals surface area contributed by atoms with E-state index in [9.17, 15) is 0 Å². The molecule has 2 saturated heterocycles. The van der Waals surface area contributed by atoms with Crippen LogP contribution in [0.2, 0.25) is 0 Å². The van der Waals surface area contributed by atoms with Crippen LogP contribution in [0.1, 0.15) is 38.5 Å². The molecule has 2 unspecified atom stereocenters. The van der Waals surface area contributed by atoms with Crippen molar-refractivity contribution in [2.45, 2.75) is 48.5 Å². The molecule has 13 heavy (non-hydrogen) atoms. The molecule has 2 atom stereocenters. The molecule has 0 aromatic carbocycles. The first-order valence-electron chi connectivity index (χ1n) is 5.34. The molecule has 2 heterocycles. The summed E-state index contributed by atoms with van der Waals surface area (Å²) in [5, 5.41) is 1.12. The molecular formula is C10H18O2Se. The van der Waals surface area contributed by atoms with E-state index in [1.165, 1.54) is 38.5 Å². The van der Waals surface area contributed by atoms with Crippen molar-refractivity contribution < 1.29 is 9.47 Å². The zero-order valence-electron chi connectivity index (χ0n) is 8.04. The molecule has 0 spiro atoms. The molecule has 0 aliphatic carbocycles. The van der Waals surface area contributed by atoms with Crippen molar-refractivity contribution in [1.29, 1.82) is 0 Å². The summed E-state index contributed by atoms with van der Waals surface area (Å²) in [4.78, 5) is 0. The Morgan fingerprint density at radius 1 is 0.769 bits per heavy atom. The van der Waals surface area contributed by atoms with E-state index in [0.717, 1.165) is 13.2 Å². The molecule has 0 saturated carbocycles. The summed E-state index contributed by atoms with van der Waals surface area (Å²) in [6, 6.07) is 0. The predicted molar refractivity (Wildman–Crippen MR) is 52.9 cm³/mol. The Balaban J connectivity index is 1.69. The Labute approximate surface area is 86.5 Å². The van der Waals surface area contributed by atoms with Gasteiger partial charge in [-0.15, -0.1) is 0 Å². The summed E-state index contributed by atoms with van der Waals surface area (Å²) >= 11 is 0.570. The fourth-order valence-corrected chi connectivity index (χ4v) is 4.52. The first-order chi connectivity index (χ1) is 6.45. The number of hydrogen-bond acceptors (Lipinski definition) is 2. The van der Waals surface area contributed by atoms with Gasteiger partial charge in [-0.25, -0.2) is 0 Å². The molecule has 0 bridgehead atoms. The van der Waals surface area contributed by atoms with Crippen LogP contribution in [0.4, 0.5) is 0 Å². The molecule has 2 aliphatic rings. The van der Waals surface area contributed by atoms with E-state index in [1.807, 2.05) is 0 Å². The third kappa shape index (κ3) is 3.25. The fourth-order valence-electron chi connectivity index (χ4n) is 1.81. The van der Waals surface area contributed by atoms with Crippen LogP contribution in [-0.4, -0.2) is 38.2 Å². The van der Waals surface area contributed by atoms with Gasteiger partial charge in [-0.3, -0.25) is 0 Å². The Kier molecular flexibility index (Phi) is 4.11. The Hall–Kier alpha value is 0.439. The van der Waals surface area contributed by atoms with E-state index in [0.29, 0.717) is 25.0 Å². The van der Waals surface area contributed by atoms with Gasteiger partial charge < -0.3 is 0 Å². The molecular weight excluding hydrogens is 231 g/mol. The summed E-state index contributed by atoms with van der Waals surface area (Å²) in [7, 11) is 0. The van der Waals surface area contributed by atoms with E-state index in [1.54, 1.807) is 0 Å². The maximum absolute atomic E-state index is 5.73.